The van der Waals surface area contributed by atoms with Crippen molar-refractivity contribution in [3.05, 3.63) is 59.7 Å². The van der Waals surface area contributed by atoms with E-state index in [-0.39, 0.29) is 62.2 Å². The van der Waals surface area contributed by atoms with E-state index in [4.69, 9.17) is 9.47 Å². The van der Waals surface area contributed by atoms with Gasteiger partial charge in [-0.2, -0.15) is 0 Å². The Bertz CT molecular complexity index is 1560. The van der Waals surface area contributed by atoms with E-state index in [2.05, 4.69) is 50.8 Å². The Kier molecular flexibility index (Phi) is 20.4. The Morgan fingerprint density at radius 2 is 1.11 bits per heavy atom. The first kappa shape index (κ1) is 46.2. The van der Waals surface area contributed by atoms with E-state index in [1.165, 1.54) is 16.0 Å². The van der Waals surface area contributed by atoms with Crippen LogP contribution < -0.4 is 26.6 Å². The summed E-state index contributed by atoms with van der Waals surface area (Å²) in [6.45, 7) is 7.04. The molecule has 6 amide bonds. The largest absolute Gasteiger partial charge is 0.449 e. The topological polar surface area (TPSA) is 184 Å². The van der Waals surface area contributed by atoms with E-state index in [0.717, 1.165) is 36.8 Å². The Hall–Kier alpha value is -5.14. The lowest BCUT2D eigenvalue weighted by atomic mass is 9.98. The number of nitrogens with zero attached hydrogens (tertiary/aromatic N) is 1. The number of alkyl carbamates (subject to hydrolysis) is 2. The van der Waals surface area contributed by atoms with E-state index in [0.29, 0.717) is 64.6 Å². The highest BCUT2D eigenvalue weighted by Gasteiger charge is 2.29. The van der Waals surface area contributed by atoms with Crippen LogP contribution in [0.2, 0.25) is 0 Å². The highest BCUT2D eigenvalue weighted by atomic mass is 16.6. The molecule has 0 saturated carbocycles. The fourth-order valence-corrected chi connectivity index (χ4v) is 6.55. The first-order chi connectivity index (χ1) is 27.4. The molecule has 1 aliphatic carbocycles. The van der Waals surface area contributed by atoms with Gasteiger partial charge < -0.3 is 41.0 Å². The molecule has 0 radical (unpaired) electrons. The van der Waals surface area contributed by atoms with Crippen molar-refractivity contribution < 1.29 is 38.2 Å². The fraction of sp³-hybridized carbons (Fsp3) is 0.581. The minimum absolute atomic E-state index is 0.00800. The van der Waals surface area contributed by atoms with Gasteiger partial charge in [-0.1, -0.05) is 67.8 Å². The number of hydrogen-bond donors (Lipinski definition) is 5. The molecule has 0 atom stereocenters. The minimum Gasteiger partial charge on any atom is -0.449 e. The smallest absolute Gasteiger partial charge is 0.407 e. The number of carbonyl (C=O) groups is 6. The Labute approximate surface area is 338 Å². The second-order valence-electron chi connectivity index (χ2n) is 15.3. The molecule has 2 aromatic rings. The maximum atomic E-state index is 13.2. The molecule has 14 nitrogen and oxygen atoms in total. The number of benzene rings is 2. The molecule has 0 fully saturated rings. The third-order valence-corrected chi connectivity index (χ3v) is 9.50. The van der Waals surface area contributed by atoms with Crippen molar-refractivity contribution in [1.82, 2.24) is 31.5 Å². The summed E-state index contributed by atoms with van der Waals surface area (Å²) in [5, 5.41) is 13.8. The Balaban J connectivity index is 1.31. The van der Waals surface area contributed by atoms with Crippen LogP contribution in [0.1, 0.15) is 115 Å². The molecule has 0 bridgehead atoms. The van der Waals surface area contributed by atoms with Crippen molar-refractivity contribution in [2.24, 2.45) is 0 Å². The molecule has 0 saturated heterocycles. The van der Waals surface area contributed by atoms with Crippen molar-refractivity contribution in [2.75, 3.05) is 52.9 Å². The number of carbonyl (C=O) groups excluding carboxylic acids is 6. The van der Waals surface area contributed by atoms with Gasteiger partial charge in [0.2, 0.25) is 23.6 Å². The zero-order valence-corrected chi connectivity index (χ0v) is 34.3. The maximum absolute atomic E-state index is 13.2. The average molecular weight is 793 g/mol. The van der Waals surface area contributed by atoms with Gasteiger partial charge in [-0.25, -0.2) is 9.59 Å². The molecule has 0 aliphatic heterocycles. The van der Waals surface area contributed by atoms with Crippen molar-refractivity contribution in [2.45, 2.75) is 109 Å². The number of hydrogen-bond acceptors (Lipinski definition) is 8. The van der Waals surface area contributed by atoms with Crippen LogP contribution in [-0.2, 0) is 28.7 Å². The van der Waals surface area contributed by atoms with Gasteiger partial charge in [0.05, 0.1) is 6.54 Å². The first-order valence-electron chi connectivity index (χ1n) is 20.5. The number of ether oxygens (including phenoxy) is 2. The van der Waals surface area contributed by atoms with Gasteiger partial charge in [-0.05, 0) is 81.5 Å². The lowest BCUT2D eigenvalue weighted by molar-refractivity contribution is -0.136. The molecule has 14 heteroatoms. The molecular formula is C43H64N6O8. The van der Waals surface area contributed by atoms with Gasteiger partial charge in [0.15, 0.2) is 0 Å². The minimum atomic E-state index is -0.668. The third-order valence-electron chi connectivity index (χ3n) is 9.50. The van der Waals surface area contributed by atoms with Crippen LogP contribution in [0, 0.1) is 0 Å². The quantitative estimate of drug-likeness (QED) is 0.0813. The second-order valence-corrected chi connectivity index (χ2v) is 15.3. The molecule has 57 heavy (non-hydrogen) atoms. The summed E-state index contributed by atoms with van der Waals surface area (Å²) in [5.41, 5.74) is 3.97. The third kappa shape index (κ3) is 18.1. The zero-order valence-electron chi connectivity index (χ0n) is 34.3. The summed E-state index contributed by atoms with van der Waals surface area (Å²) >= 11 is 0. The van der Waals surface area contributed by atoms with Crippen molar-refractivity contribution >= 4 is 35.8 Å². The monoisotopic (exact) mass is 792 g/mol. The van der Waals surface area contributed by atoms with Crippen LogP contribution in [0.3, 0.4) is 0 Å². The number of unbranched alkanes of at least 4 members (excludes halogenated alkanes) is 6. The molecule has 0 heterocycles. The van der Waals surface area contributed by atoms with Crippen LogP contribution in [0.4, 0.5) is 9.59 Å². The van der Waals surface area contributed by atoms with Gasteiger partial charge in [0.25, 0.3) is 0 Å². The van der Waals surface area contributed by atoms with Crippen LogP contribution in [0.15, 0.2) is 48.5 Å². The number of amides is 6. The summed E-state index contributed by atoms with van der Waals surface area (Å²) < 4.78 is 10.9. The van der Waals surface area contributed by atoms with Gasteiger partial charge in [0, 0.05) is 65.0 Å². The summed E-state index contributed by atoms with van der Waals surface area (Å²) in [5.74, 6) is -0.512. The summed E-state index contributed by atoms with van der Waals surface area (Å²) in [6.07, 6.45) is 6.58. The van der Waals surface area contributed by atoms with Gasteiger partial charge >= 0.3 is 12.2 Å². The predicted molar refractivity (Wildman–Crippen MR) is 219 cm³/mol. The Morgan fingerprint density at radius 3 is 1.68 bits per heavy atom. The van der Waals surface area contributed by atoms with E-state index >= 15 is 0 Å². The van der Waals surface area contributed by atoms with Gasteiger partial charge in [0.1, 0.15) is 12.2 Å². The molecule has 0 unspecified atom stereocenters. The van der Waals surface area contributed by atoms with E-state index in [1.807, 2.05) is 24.3 Å². The second kappa shape index (κ2) is 25.2. The molecule has 1 aliphatic rings. The van der Waals surface area contributed by atoms with Gasteiger partial charge in [-0.3, -0.25) is 19.2 Å². The number of fused-ring (bicyclic) bond motifs is 3. The highest BCUT2D eigenvalue weighted by molar-refractivity contribution is 5.85. The fourth-order valence-electron chi connectivity index (χ4n) is 6.55. The lowest BCUT2D eigenvalue weighted by Gasteiger charge is -2.24. The van der Waals surface area contributed by atoms with Crippen LogP contribution in [-0.4, -0.2) is 99.2 Å². The highest BCUT2D eigenvalue weighted by Crippen LogP contribution is 2.44. The first-order valence-corrected chi connectivity index (χ1v) is 20.5. The number of rotatable bonds is 25. The standard InChI is InChI=1S/C43H64N6O8/c1-43(2,3)57-42(55)48-28-29-49(30-39(52)46-26-16-6-9-23-38(51)45-25-15-5-8-22-37(50)44-4)40(53)24-10-7-17-27-47-41(54)56-31-36-34-20-13-11-18-32(34)33-19-12-14-21-35(33)36/h11-14,18-21,36H,5-10,15-17,22-31H2,1-4H3,(H,44,50)(H,45,51)(H,46,52)(H,47,54)(H,48,55). The number of nitrogens with one attached hydrogen (secondary N) is 5. The van der Waals surface area contributed by atoms with Crippen LogP contribution in [0.5, 0.6) is 0 Å². The predicted octanol–water partition coefficient (Wildman–Crippen LogP) is 5.54. The van der Waals surface area contributed by atoms with E-state index in [9.17, 15) is 28.8 Å². The summed E-state index contributed by atoms with van der Waals surface area (Å²) in [7, 11) is 1.62. The molecule has 314 valence electrons. The van der Waals surface area contributed by atoms with Crippen LogP contribution in [0.25, 0.3) is 11.1 Å². The maximum Gasteiger partial charge on any atom is 0.407 e. The normalized spacial score (nSPS) is 11.8. The van der Waals surface area contributed by atoms with Gasteiger partial charge in [-0.15, -0.1) is 0 Å². The molecular weight excluding hydrogens is 729 g/mol. The van der Waals surface area contributed by atoms with Crippen molar-refractivity contribution in [3.8, 4) is 11.1 Å². The van der Waals surface area contributed by atoms with E-state index < -0.39 is 17.8 Å². The van der Waals surface area contributed by atoms with Crippen molar-refractivity contribution in [3.63, 3.8) is 0 Å². The van der Waals surface area contributed by atoms with Crippen LogP contribution >= 0.6 is 0 Å². The zero-order chi connectivity index (χ0) is 41.5. The average Bonchev–Trinajstić information content (AvgIpc) is 3.50. The molecule has 5 N–H and O–H groups in total. The van der Waals surface area contributed by atoms with E-state index in [1.54, 1.807) is 27.8 Å². The summed E-state index contributed by atoms with van der Waals surface area (Å²) in [6, 6.07) is 16.3. The summed E-state index contributed by atoms with van der Waals surface area (Å²) in [4.78, 5) is 75.5. The SMILES string of the molecule is CNC(=O)CCCCCNC(=O)CCCCCNC(=O)CN(CCNC(=O)OC(C)(C)C)C(=O)CCCCCNC(=O)OCC1c2ccccc2-c2ccccc21. The molecule has 3 rings (SSSR count). The molecule has 2 aromatic carbocycles. The lowest BCUT2D eigenvalue weighted by Crippen LogP contribution is -2.45. The molecule has 0 aromatic heterocycles. The molecule has 0 spiro atoms. The Morgan fingerprint density at radius 1 is 0.596 bits per heavy atom. The van der Waals surface area contributed by atoms with Crippen molar-refractivity contribution in [1.29, 1.82) is 0 Å².